The Kier molecular flexibility index (Phi) is 6.87. The van der Waals surface area contributed by atoms with E-state index in [4.69, 9.17) is 10.5 Å². The molecule has 2 N–H and O–H groups in total. The van der Waals surface area contributed by atoms with Crippen molar-refractivity contribution in [3.05, 3.63) is 35.9 Å². The standard InChI is InChI=1S/C19H32N2O/c1-3-5-10-14-21-16-19(20,13-6-4-2)22-15-18(21)17-11-8-7-9-12-17/h7-9,11-12,18H,3-6,10,13-16,20H2,1-2H3/t18-,19-/m0/s1. The van der Waals surface area contributed by atoms with E-state index in [0.717, 1.165) is 25.9 Å². The van der Waals surface area contributed by atoms with Crippen molar-refractivity contribution >= 4 is 0 Å². The van der Waals surface area contributed by atoms with E-state index in [1.54, 1.807) is 0 Å². The highest BCUT2D eigenvalue weighted by Crippen LogP contribution is 2.31. The van der Waals surface area contributed by atoms with Crippen LogP contribution in [-0.4, -0.2) is 30.3 Å². The number of ether oxygens (including phenoxy) is 1. The third-order valence-electron chi connectivity index (χ3n) is 4.63. The highest BCUT2D eigenvalue weighted by atomic mass is 16.5. The number of morpholine rings is 1. The molecule has 0 spiro atoms. The van der Waals surface area contributed by atoms with Crippen LogP contribution in [0.25, 0.3) is 0 Å². The van der Waals surface area contributed by atoms with E-state index in [1.165, 1.54) is 31.2 Å². The Bertz CT molecular complexity index is 423. The summed E-state index contributed by atoms with van der Waals surface area (Å²) in [6.07, 6.45) is 7.03. The molecule has 1 aromatic carbocycles. The number of hydrogen-bond donors (Lipinski definition) is 1. The second-order valence-corrected chi connectivity index (χ2v) is 6.58. The van der Waals surface area contributed by atoms with Crippen LogP contribution in [0.3, 0.4) is 0 Å². The van der Waals surface area contributed by atoms with Crippen molar-refractivity contribution in [2.45, 2.75) is 64.1 Å². The Labute approximate surface area is 135 Å². The van der Waals surface area contributed by atoms with E-state index in [0.29, 0.717) is 12.6 Å². The van der Waals surface area contributed by atoms with Gasteiger partial charge in [-0.25, -0.2) is 0 Å². The molecule has 1 saturated heterocycles. The predicted molar refractivity (Wildman–Crippen MR) is 92.7 cm³/mol. The zero-order valence-corrected chi connectivity index (χ0v) is 14.3. The van der Waals surface area contributed by atoms with Crippen LogP contribution in [0.2, 0.25) is 0 Å². The van der Waals surface area contributed by atoms with E-state index >= 15 is 0 Å². The monoisotopic (exact) mass is 304 g/mol. The van der Waals surface area contributed by atoms with Gasteiger partial charge in [0.05, 0.1) is 12.6 Å². The number of nitrogens with zero attached hydrogens (tertiary/aromatic N) is 1. The molecule has 1 aliphatic heterocycles. The highest BCUT2D eigenvalue weighted by molar-refractivity contribution is 5.20. The Morgan fingerprint density at radius 1 is 1.14 bits per heavy atom. The van der Waals surface area contributed by atoms with Crippen molar-refractivity contribution < 1.29 is 4.74 Å². The van der Waals surface area contributed by atoms with Crippen molar-refractivity contribution in [2.75, 3.05) is 19.7 Å². The van der Waals surface area contributed by atoms with E-state index in [1.807, 2.05) is 0 Å². The second-order valence-electron chi connectivity index (χ2n) is 6.58. The maximum absolute atomic E-state index is 6.52. The van der Waals surface area contributed by atoms with Gasteiger partial charge in [-0.2, -0.15) is 0 Å². The Morgan fingerprint density at radius 3 is 2.55 bits per heavy atom. The molecule has 0 amide bonds. The SMILES string of the molecule is CCCCCN1C[C@](N)(CCCC)OC[C@H]1c1ccccc1. The summed E-state index contributed by atoms with van der Waals surface area (Å²) in [5, 5.41) is 0. The number of unbranched alkanes of at least 4 members (excludes halogenated alkanes) is 3. The lowest BCUT2D eigenvalue weighted by molar-refractivity contribution is -0.137. The predicted octanol–water partition coefficient (Wildman–Crippen LogP) is 4.10. The van der Waals surface area contributed by atoms with E-state index in [2.05, 4.69) is 49.1 Å². The number of hydrogen-bond acceptors (Lipinski definition) is 3. The van der Waals surface area contributed by atoms with E-state index in [9.17, 15) is 0 Å². The maximum atomic E-state index is 6.52. The molecule has 2 rings (SSSR count). The van der Waals surface area contributed by atoms with Crippen LogP contribution in [-0.2, 0) is 4.74 Å². The minimum absolute atomic E-state index is 0.344. The molecular formula is C19H32N2O. The zero-order chi connectivity index (χ0) is 15.8. The molecule has 0 bridgehead atoms. The molecule has 22 heavy (non-hydrogen) atoms. The molecule has 3 heteroatoms. The van der Waals surface area contributed by atoms with Gasteiger partial charge < -0.3 is 10.5 Å². The van der Waals surface area contributed by atoms with Crippen LogP contribution in [0.5, 0.6) is 0 Å². The Hall–Kier alpha value is -0.900. The summed E-state index contributed by atoms with van der Waals surface area (Å²) in [6.45, 7) is 7.12. The lowest BCUT2D eigenvalue weighted by atomic mass is 9.98. The van der Waals surface area contributed by atoms with E-state index < -0.39 is 5.72 Å². The summed E-state index contributed by atoms with van der Waals surface area (Å²) in [6, 6.07) is 11.0. The van der Waals surface area contributed by atoms with Gasteiger partial charge in [0.15, 0.2) is 0 Å². The normalized spacial score (nSPS) is 26.2. The van der Waals surface area contributed by atoms with Crippen molar-refractivity contribution in [1.82, 2.24) is 4.90 Å². The maximum Gasteiger partial charge on any atom is 0.129 e. The lowest BCUT2D eigenvalue weighted by Crippen LogP contribution is -2.58. The third-order valence-corrected chi connectivity index (χ3v) is 4.63. The number of nitrogens with two attached hydrogens (primary N) is 1. The minimum atomic E-state index is -0.465. The summed E-state index contributed by atoms with van der Waals surface area (Å²) in [4.78, 5) is 2.55. The van der Waals surface area contributed by atoms with Gasteiger partial charge in [-0.1, -0.05) is 63.4 Å². The van der Waals surface area contributed by atoms with Crippen LogP contribution in [0.1, 0.15) is 64.0 Å². The van der Waals surface area contributed by atoms with Crippen LogP contribution in [0.15, 0.2) is 30.3 Å². The molecule has 0 aromatic heterocycles. The van der Waals surface area contributed by atoms with Gasteiger partial charge in [0.2, 0.25) is 0 Å². The molecule has 3 nitrogen and oxygen atoms in total. The van der Waals surface area contributed by atoms with Crippen LogP contribution >= 0.6 is 0 Å². The number of rotatable bonds is 8. The molecule has 1 aromatic rings. The average molecular weight is 304 g/mol. The largest absolute Gasteiger partial charge is 0.358 e. The Balaban J connectivity index is 2.06. The van der Waals surface area contributed by atoms with Gasteiger partial charge in [-0.3, -0.25) is 4.90 Å². The average Bonchev–Trinajstić information content (AvgIpc) is 2.54. The zero-order valence-electron chi connectivity index (χ0n) is 14.3. The Morgan fingerprint density at radius 2 is 1.86 bits per heavy atom. The van der Waals surface area contributed by atoms with Crippen molar-refractivity contribution in [1.29, 1.82) is 0 Å². The van der Waals surface area contributed by atoms with Crippen molar-refractivity contribution in [3.8, 4) is 0 Å². The molecule has 0 saturated carbocycles. The van der Waals surface area contributed by atoms with Gasteiger partial charge in [-0.15, -0.1) is 0 Å². The molecule has 1 heterocycles. The summed E-state index contributed by atoms with van der Waals surface area (Å²) < 4.78 is 6.11. The highest BCUT2D eigenvalue weighted by Gasteiger charge is 2.37. The molecule has 0 radical (unpaired) electrons. The number of benzene rings is 1. The fourth-order valence-electron chi connectivity index (χ4n) is 3.26. The summed E-state index contributed by atoms with van der Waals surface area (Å²) in [5.41, 5.74) is 7.40. The van der Waals surface area contributed by atoms with Crippen molar-refractivity contribution in [2.24, 2.45) is 5.73 Å². The minimum Gasteiger partial charge on any atom is -0.358 e. The first-order valence-electron chi connectivity index (χ1n) is 8.90. The molecule has 1 aliphatic rings. The molecule has 2 atom stereocenters. The van der Waals surface area contributed by atoms with Crippen LogP contribution in [0.4, 0.5) is 0 Å². The van der Waals surface area contributed by atoms with Gasteiger partial charge in [0, 0.05) is 6.54 Å². The molecule has 1 fully saturated rings. The van der Waals surface area contributed by atoms with E-state index in [-0.39, 0.29) is 0 Å². The van der Waals surface area contributed by atoms with Gasteiger partial charge in [0.1, 0.15) is 5.72 Å². The molecule has 124 valence electrons. The van der Waals surface area contributed by atoms with Crippen molar-refractivity contribution in [3.63, 3.8) is 0 Å². The molecule has 0 unspecified atom stereocenters. The molecule has 0 aliphatic carbocycles. The second kappa shape index (κ2) is 8.66. The van der Waals surface area contributed by atoms with Gasteiger partial charge in [-0.05, 0) is 31.4 Å². The van der Waals surface area contributed by atoms with Gasteiger partial charge in [0.25, 0.3) is 0 Å². The first kappa shape index (κ1) is 17.5. The van der Waals surface area contributed by atoms with Gasteiger partial charge >= 0.3 is 0 Å². The van der Waals surface area contributed by atoms with Crippen LogP contribution in [0, 0.1) is 0 Å². The molecular weight excluding hydrogens is 272 g/mol. The smallest absolute Gasteiger partial charge is 0.129 e. The summed E-state index contributed by atoms with van der Waals surface area (Å²) >= 11 is 0. The third kappa shape index (κ3) is 4.80. The quantitative estimate of drug-likeness (QED) is 0.735. The lowest BCUT2D eigenvalue weighted by Gasteiger charge is -2.45. The fraction of sp³-hybridized carbons (Fsp3) is 0.684. The first-order chi connectivity index (χ1) is 10.7. The van der Waals surface area contributed by atoms with Crippen LogP contribution < -0.4 is 5.73 Å². The summed E-state index contributed by atoms with van der Waals surface area (Å²) in [5.74, 6) is 0. The fourth-order valence-corrected chi connectivity index (χ4v) is 3.26. The topological polar surface area (TPSA) is 38.5 Å². The first-order valence-corrected chi connectivity index (χ1v) is 8.90. The summed E-state index contributed by atoms with van der Waals surface area (Å²) in [7, 11) is 0.